The van der Waals surface area contributed by atoms with E-state index in [4.69, 9.17) is 0 Å². The van der Waals surface area contributed by atoms with Crippen molar-refractivity contribution in [2.45, 2.75) is 19.0 Å². The number of anilines is 1. The monoisotopic (exact) mass is 500 g/mol. The number of para-hydroxylation sites is 1. The molecule has 4 aromatic rings. The first kappa shape index (κ1) is 25.0. The van der Waals surface area contributed by atoms with Gasteiger partial charge in [0.15, 0.2) is 11.0 Å². The molecule has 0 fully saturated rings. The highest BCUT2D eigenvalue weighted by Gasteiger charge is 2.17. The first-order chi connectivity index (χ1) is 17.6. The Kier molecular flexibility index (Phi) is 8.36. The Morgan fingerprint density at radius 1 is 1.03 bits per heavy atom. The standard InChI is InChI=1S/C27H28N6O2S/c1-3-32(4-2)23-16-15-21(24(34)17-23)18-28-29-25(35)19-36-27-31-30-26(20-11-7-5-8-12-20)33(27)22-13-9-6-10-14-22/h5-18,34H,3-4,19H2,1-2H3,(H,29,35)/b28-18-. The van der Waals surface area contributed by atoms with Crippen molar-refractivity contribution in [3.63, 3.8) is 0 Å². The molecule has 0 saturated heterocycles. The summed E-state index contributed by atoms with van der Waals surface area (Å²) in [6, 6.07) is 25.0. The fourth-order valence-electron chi connectivity index (χ4n) is 3.71. The predicted octanol–water partition coefficient (Wildman–Crippen LogP) is 4.73. The van der Waals surface area contributed by atoms with E-state index in [-0.39, 0.29) is 17.4 Å². The summed E-state index contributed by atoms with van der Waals surface area (Å²) < 4.78 is 1.94. The summed E-state index contributed by atoms with van der Waals surface area (Å²) in [4.78, 5) is 14.6. The molecule has 184 valence electrons. The topological polar surface area (TPSA) is 95.6 Å². The number of carbonyl (C=O) groups is 1. The minimum atomic E-state index is -0.292. The van der Waals surface area contributed by atoms with Crippen LogP contribution in [0.1, 0.15) is 19.4 Å². The minimum Gasteiger partial charge on any atom is -0.507 e. The van der Waals surface area contributed by atoms with E-state index in [9.17, 15) is 9.90 Å². The number of phenols is 1. The quantitative estimate of drug-likeness (QED) is 0.186. The first-order valence-electron chi connectivity index (χ1n) is 11.7. The third kappa shape index (κ3) is 5.92. The van der Waals surface area contributed by atoms with E-state index >= 15 is 0 Å². The van der Waals surface area contributed by atoms with Crippen molar-refractivity contribution in [3.8, 4) is 22.8 Å². The Morgan fingerprint density at radius 3 is 2.39 bits per heavy atom. The molecule has 0 unspecified atom stereocenters. The molecular weight excluding hydrogens is 472 g/mol. The Morgan fingerprint density at radius 2 is 1.72 bits per heavy atom. The molecule has 2 N–H and O–H groups in total. The van der Waals surface area contributed by atoms with Crippen LogP contribution in [-0.4, -0.2) is 50.8 Å². The van der Waals surface area contributed by atoms with Gasteiger partial charge in [-0.3, -0.25) is 9.36 Å². The van der Waals surface area contributed by atoms with E-state index in [1.54, 1.807) is 12.1 Å². The fraction of sp³-hybridized carbons (Fsp3) is 0.185. The van der Waals surface area contributed by atoms with Crippen LogP contribution >= 0.6 is 11.8 Å². The second-order valence-electron chi connectivity index (χ2n) is 7.84. The van der Waals surface area contributed by atoms with Crippen LogP contribution in [0, 0.1) is 0 Å². The number of aromatic nitrogens is 3. The van der Waals surface area contributed by atoms with Gasteiger partial charge in [0, 0.05) is 41.7 Å². The van der Waals surface area contributed by atoms with Gasteiger partial charge in [0.1, 0.15) is 5.75 Å². The molecule has 0 atom stereocenters. The molecule has 1 aromatic heterocycles. The van der Waals surface area contributed by atoms with E-state index in [0.717, 1.165) is 30.0 Å². The molecular formula is C27H28N6O2S. The molecule has 36 heavy (non-hydrogen) atoms. The van der Waals surface area contributed by atoms with Crippen molar-refractivity contribution in [1.29, 1.82) is 0 Å². The number of amides is 1. The van der Waals surface area contributed by atoms with Crippen LogP contribution in [0.4, 0.5) is 5.69 Å². The number of hydrogen-bond donors (Lipinski definition) is 2. The molecule has 0 aliphatic rings. The van der Waals surface area contributed by atoms with Gasteiger partial charge in [0.05, 0.1) is 12.0 Å². The van der Waals surface area contributed by atoms with Crippen LogP contribution < -0.4 is 10.3 Å². The normalized spacial score (nSPS) is 11.1. The average Bonchev–Trinajstić information content (AvgIpc) is 3.34. The number of carbonyl (C=O) groups excluding carboxylic acids is 1. The molecule has 0 radical (unpaired) electrons. The summed E-state index contributed by atoms with van der Waals surface area (Å²) >= 11 is 1.27. The second kappa shape index (κ2) is 12.0. The zero-order chi connectivity index (χ0) is 25.3. The summed E-state index contributed by atoms with van der Waals surface area (Å²) in [6.45, 7) is 5.83. The van der Waals surface area contributed by atoms with Crippen LogP contribution in [0.15, 0.2) is 89.1 Å². The molecule has 1 amide bonds. The first-order valence-corrected chi connectivity index (χ1v) is 12.7. The maximum absolute atomic E-state index is 12.5. The van der Waals surface area contributed by atoms with E-state index in [1.807, 2.05) is 71.3 Å². The number of hydrazone groups is 1. The Hall–Kier alpha value is -4.11. The summed E-state index contributed by atoms with van der Waals surface area (Å²) in [5.74, 6) is 0.617. The van der Waals surface area contributed by atoms with Crippen LogP contribution in [0.25, 0.3) is 17.1 Å². The number of nitrogens with zero attached hydrogens (tertiary/aromatic N) is 5. The zero-order valence-corrected chi connectivity index (χ0v) is 21.0. The van der Waals surface area contributed by atoms with Crippen LogP contribution in [0.2, 0.25) is 0 Å². The van der Waals surface area contributed by atoms with E-state index in [0.29, 0.717) is 16.5 Å². The van der Waals surface area contributed by atoms with Crippen molar-refractivity contribution in [1.82, 2.24) is 20.2 Å². The van der Waals surface area contributed by atoms with Gasteiger partial charge in [-0.25, -0.2) is 5.43 Å². The summed E-state index contributed by atoms with van der Waals surface area (Å²) in [5, 5.41) is 23.7. The van der Waals surface area contributed by atoms with E-state index in [1.165, 1.54) is 18.0 Å². The van der Waals surface area contributed by atoms with Gasteiger partial charge < -0.3 is 10.0 Å². The fourth-order valence-corrected chi connectivity index (χ4v) is 4.45. The van der Waals surface area contributed by atoms with Gasteiger partial charge in [-0.1, -0.05) is 60.3 Å². The molecule has 0 aliphatic carbocycles. The average molecular weight is 501 g/mol. The number of phenolic OH excluding ortho intramolecular Hbond substituents is 1. The largest absolute Gasteiger partial charge is 0.507 e. The van der Waals surface area contributed by atoms with Crippen LogP contribution in [0.3, 0.4) is 0 Å². The van der Waals surface area contributed by atoms with Gasteiger partial charge >= 0.3 is 0 Å². The van der Waals surface area contributed by atoms with Gasteiger partial charge in [0.25, 0.3) is 5.91 Å². The summed E-state index contributed by atoms with van der Waals surface area (Å²) in [6.07, 6.45) is 1.43. The molecule has 0 aliphatic heterocycles. The smallest absolute Gasteiger partial charge is 0.250 e. The molecule has 0 bridgehead atoms. The molecule has 9 heteroatoms. The zero-order valence-electron chi connectivity index (χ0n) is 20.2. The van der Waals surface area contributed by atoms with Gasteiger partial charge in [-0.15, -0.1) is 10.2 Å². The van der Waals surface area contributed by atoms with Crippen molar-refractivity contribution in [3.05, 3.63) is 84.4 Å². The third-order valence-electron chi connectivity index (χ3n) is 5.55. The molecule has 0 spiro atoms. The van der Waals surface area contributed by atoms with Gasteiger partial charge in [0.2, 0.25) is 0 Å². The Bertz CT molecular complexity index is 1320. The molecule has 4 rings (SSSR count). The molecule has 3 aromatic carbocycles. The van der Waals surface area contributed by atoms with Gasteiger partial charge in [-0.05, 0) is 38.1 Å². The van der Waals surface area contributed by atoms with Crippen LogP contribution in [0.5, 0.6) is 5.75 Å². The number of nitrogens with one attached hydrogen (secondary N) is 1. The van der Waals surface area contributed by atoms with Crippen molar-refractivity contribution < 1.29 is 9.90 Å². The molecule has 8 nitrogen and oxygen atoms in total. The van der Waals surface area contributed by atoms with E-state index < -0.39 is 0 Å². The lowest BCUT2D eigenvalue weighted by Gasteiger charge is -2.21. The van der Waals surface area contributed by atoms with E-state index in [2.05, 4.69) is 39.5 Å². The maximum Gasteiger partial charge on any atom is 0.250 e. The lowest BCUT2D eigenvalue weighted by atomic mass is 10.2. The van der Waals surface area contributed by atoms with Crippen molar-refractivity contribution in [2.75, 3.05) is 23.7 Å². The lowest BCUT2D eigenvalue weighted by Crippen LogP contribution is -2.21. The second-order valence-corrected chi connectivity index (χ2v) is 8.78. The maximum atomic E-state index is 12.5. The van der Waals surface area contributed by atoms with Crippen molar-refractivity contribution in [2.24, 2.45) is 5.10 Å². The number of rotatable bonds is 10. The number of hydrogen-bond acceptors (Lipinski definition) is 7. The minimum absolute atomic E-state index is 0.101. The number of benzene rings is 3. The summed E-state index contributed by atoms with van der Waals surface area (Å²) in [5.41, 5.74) is 5.82. The highest BCUT2D eigenvalue weighted by molar-refractivity contribution is 7.99. The molecule has 1 heterocycles. The van der Waals surface area contributed by atoms with Crippen molar-refractivity contribution >= 4 is 29.6 Å². The SMILES string of the molecule is CCN(CC)c1ccc(/C=N\NC(=O)CSc2nnc(-c3ccccc3)n2-c2ccccc2)c(O)c1. The highest BCUT2D eigenvalue weighted by atomic mass is 32.2. The predicted molar refractivity (Wildman–Crippen MR) is 145 cm³/mol. The van der Waals surface area contributed by atoms with Crippen LogP contribution in [-0.2, 0) is 4.79 Å². The Labute approximate surface area is 214 Å². The summed E-state index contributed by atoms with van der Waals surface area (Å²) in [7, 11) is 0. The highest BCUT2D eigenvalue weighted by Crippen LogP contribution is 2.28. The third-order valence-corrected chi connectivity index (χ3v) is 6.48. The lowest BCUT2D eigenvalue weighted by molar-refractivity contribution is -0.118. The number of thioether (sulfide) groups is 1. The molecule has 0 saturated carbocycles. The number of aromatic hydroxyl groups is 1. The Balaban J connectivity index is 1.43. The van der Waals surface area contributed by atoms with Gasteiger partial charge in [-0.2, -0.15) is 5.10 Å².